The maximum atomic E-state index is 12.5. The molecular weight excluding hydrogens is 350 g/mol. The molecular formula is C15H16ClN5O2S. The van der Waals surface area contributed by atoms with Crippen molar-refractivity contribution in [1.82, 2.24) is 20.0 Å². The van der Waals surface area contributed by atoms with Gasteiger partial charge in [-0.15, -0.1) is 0 Å². The lowest BCUT2D eigenvalue weighted by atomic mass is 10.2. The molecule has 24 heavy (non-hydrogen) atoms. The highest BCUT2D eigenvalue weighted by molar-refractivity contribution is 7.92. The van der Waals surface area contributed by atoms with Crippen LogP contribution in [0.25, 0.3) is 0 Å². The molecule has 0 fully saturated rings. The van der Waals surface area contributed by atoms with Crippen molar-refractivity contribution in [2.75, 3.05) is 4.72 Å². The quantitative estimate of drug-likeness (QED) is 0.727. The van der Waals surface area contributed by atoms with Gasteiger partial charge in [-0.05, 0) is 25.5 Å². The van der Waals surface area contributed by atoms with Crippen LogP contribution in [0, 0.1) is 13.8 Å². The van der Waals surface area contributed by atoms with Gasteiger partial charge in [0.05, 0.1) is 29.8 Å². The third-order valence-corrected chi connectivity index (χ3v) is 5.52. The lowest BCUT2D eigenvalue weighted by Crippen LogP contribution is -2.14. The Morgan fingerprint density at radius 1 is 1.29 bits per heavy atom. The molecule has 9 heteroatoms. The minimum absolute atomic E-state index is 0.154. The minimum atomic E-state index is -3.72. The predicted octanol–water partition coefficient (Wildman–Crippen LogP) is 2.73. The van der Waals surface area contributed by atoms with E-state index in [9.17, 15) is 8.42 Å². The number of H-pyrrole nitrogens is 1. The summed E-state index contributed by atoms with van der Waals surface area (Å²) in [5, 5.41) is 11.4. The molecule has 0 aliphatic heterocycles. The van der Waals surface area contributed by atoms with Crippen molar-refractivity contribution in [3.63, 3.8) is 0 Å². The summed E-state index contributed by atoms with van der Waals surface area (Å²) >= 11 is 6.13. The fraction of sp³-hybridized carbons (Fsp3) is 0.200. The van der Waals surface area contributed by atoms with Gasteiger partial charge in [0.25, 0.3) is 10.0 Å². The van der Waals surface area contributed by atoms with Crippen LogP contribution in [0.5, 0.6) is 0 Å². The van der Waals surface area contributed by atoms with Gasteiger partial charge >= 0.3 is 0 Å². The number of nitrogens with one attached hydrogen (secondary N) is 2. The predicted molar refractivity (Wildman–Crippen MR) is 91.7 cm³/mol. The van der Waals surface area contributed by atoms with Gasteiger partial charge < -0.3 is 0 Å². The van der Waals surface area contributed by atoms with Gasteiger partial charge in [0.2, 0.25) is 0 Å². The second kappa shape index (κ2) is 6.29. The average Bonchev–Trinajstić information content (AvgIpc) is 3.08. The Morgan fingerprint density at radius 3 is 2.71 bits per heavy atom. The molecule has 0 atom stereocenters. The number of rotatable bonds is 5. The van der Waals surface area contributed by atoms with Crippen molar-refractivity contribution in [2.24, 2.45) is 0 Å². The molecule has 7 nitrogen and oxygen atoms in total. The molecule has 2 heterocycles. The van der Waals surface area contributed by atoms with Gasteiger partial charge in [-0.3, -0.25) is 14.5 Å². The molecule has 3 rings (SSSR count). The van der Waals surface area contributed by atoms with Crippen molar-refractivity contribution in [3.05, 3.63) is 58.6 Å². The van der Waals surface area contributed by atoms with E-state index in [-0.39, 0.29) is 4.90 Å². The van der Waals surface area contributed by atoms with Crippen LogP contribution < -0.4 is 4.72 Å². The molecule has 0 aliphatic rings. The zero-order chi connectivity index (χ0) is 17.3. The van der Waals surface area contributed by atoms with Crippen LogP contribution in [0.3, 0.4) is 0 Å². The molecule has 0 bridgehead atoms. The maximum Gasteiger partial charge on any atom is 0.265 e. The zero-order valence-corrected chi connectivity index (χ0v) is 14.7. The number of aryl methyl sites for hydroxylation is 2. The molecule has 1 aromatic carbocycles. The monoisotopic (exact) mass is 365 g/mol. The van der Waals surface area contributed by atoms with Gasteiger partial charge in [-0.2, -0.15) is 10.2 Å². The first-order valence-electron chi connectivity index (χ1n) is 7.17. The molecule has 0 amide bonds. The summed E-state index contributed by atoms with van der Waals surface area (Å²) in [7, 11) is -3.72. The van der Waals surface area contributed by atoms with Crippen molar-refractivity contribution >= 4 is 27.3 Å². The SMILES string of the molecule is Cc1n[nH]c(C)c1S(=O)(=O)Nc1cnn(Cc2ccccc2Cl)c1. The number of benzene rings is 1. The van der Waals surface area contributed by atoms with Crippen LogP contribution in [0.4, 0.5) is 5.69 Å². The first-order chi connectivity index (χ1) is 11.4. The van der Waals surface area contributed by atoms with Crippen LogP contribution in [0.15, 0.2) is 41.6 Å². The summed E-state index contributed by atoms with van der Waals surface area (Å²) in [5.41, 5.74) is 2.19. The fourth-order valence-electron chi connectivity index (χ4n) is 2.45. The molecule has 0 unspecified atom stereocenters. The lowest BCUT2D eigenvalue weighted by Gasteiger charge is -2.06. The summed E-state index contributed by atoms with van der Waals surface area (Å²) in [6.45, 7) is 3.75. The van der Waals surface area contributed by atoms with Gasteiger partial charge in [-0.1, -0.05) is 29.8 Å². The maximum absolute atomic E-state index is 12.5. The molecule has 0 saturated heterocycles. The van der Waals surface area contributed by atoms with E-state index in [1.54, 1.807) is 30.8 Å². The van der Waals surface area contributed by atoms with E-state index >= 15 is 0 Å². The van der Waals surface area contributed by atoms with Gasteiger partial charge in [0.1, 0.15) is 4.90 Å². The zero-order valence-electron chi connectivity index (χ0n) is 13.1. The molecule has 0 aliphatic carbocycles. The van der Waals surface area contributed by atoms with E-state index in [0.717, 1.165) is 5.56 Å². The molecule has 0 saturated carbocycles. The van der Waals surface area contributed by atoms with Crippen LogP contribution in [-0.2, 0) is 16.6 Å². The van der Waals surface area contributed by atoms with Crippen molar-refractivity contribution in [3.8, 4) is 0 Å². The van der Waals surface area contributed by atoms with Gasteiger partial charge in [0.15, 0.2) is 0 Å². The van der Waals surface area contributed by atoms with Gasteiger partial charge in [-0.25, -0.2) is 8.42 Å². The van der Waals surface area contributed by atoms with Crippen LogP contribution >= 0.6 is 11.6 Å². The number of hydrogen-bond donors (Lipinski definition) is 2. The number of nitrogens with zero attached hydrogens (tertiary/aromatic N) is 3. The third kappa shape index (κ3) is 3.29. The molecule has 2 N–H and O–H groups in total. The average molecular weight is 366 g/mol. The molecule has 3 aromatic rings. The van der Waals surface area contributed by atoms with E-state index in [2.05, 4.69) is 20.0 Å². The van der Waals surface area contributed by atoms with Gasteiger partial charge in [0, 0.05) is 11.2 Å². The number of halogens is 1. The molecule has 0 radical (unpaired) electrons. The van der Waals surface area contributed by atoms with E-state index in [1.807, 2.05) is 18.2 Å². The Bertz CT molecular complexity index is 958. The van der Waals surface area contributed by atoms with Crippen molar-refractivity contribution in [2.45, 2.75) is 25.3 Å². The number of anilines is 1. The first-order valence-corrected chi connectivity index (χ1v) is 9.03. The van der Waals surface area contributed by atoms with Crippen molar-refractivity contribution < 1.29 is 8.42 Å². The van der Waals surface area contributed by atoms with Crippen LogP contribution in [0.2, 0.25) is 5.02 Å². The molecule has 0 spiro atoms. The number of aromatic amines is 1. The number of aromatic nitrogens is 4. The summed E-state index contributed by atoms with van der Waals surface area (Å²) in [4.78, 5) is 0.154. The van der Waals surface area contributed by atoms with E-state index in [1.165, 1.54) is 6.20 Å². The second-order valence-corrected chi connectivity index (χ2v) is 7.41. The summed E-state index contributed by atoms with van der Waals surface area (Å²) in [5.74, 6) is 0. The standard InChI is InChI=1S/C15H16ClN5O2S/c1-10-15(11(2)19-18-10)24(22,23)20-13-7-17-21(9-13)8-12-5-3-4-6-14(12)16/h3-7,9,20H,8H2,1-2H3,(H,18,19). The molecule has 126 valence electrons. The first kappa shape index (κ1) is 16.5. The Hall–Kier alpha value is -2.32. The third-order valence-electron chi connectivity index (χ3n) is 3.50. The second-order valence-electron chi connectivity index (χ2n) is 5.39. The summed E-state index contributed by atoms with van der Waals surface area (Å²) in [6.07, 6.45) is 3.07. The molecule has 2 aromatic heterocycles. The smallest absolute Gasteiger partial charge is 0.265 e. The highest BCUT2D eigenvalue weighted by atomic mass is 35.5. The largest absolute Gasteiger partial charge is 0.281 e. The highest BCUT2D eigenvalue weighted by Crippen LogP contribution is 2.21. The Balaban J connectivity index is 1.80. The Kier molecular flexibility index (Phi) is 4.33. The normalized spacial score (nSPS) is 11.6. The summed E-state index contributed by atoms with van der Waals surface area (Å²) < 4.78 is 29.1. The fourth-order valence-corrected chi connectivity index (χ4v) is 4.04. The van der Waals surface area contributed by atoms with E-state index < -0.39 is 10.0 Å². The minimum Gasteiger partial charge on any atom is -0.281 e. The van der Waals surface area contributed by atoms with E-state index in [4.69, 9.17) is 11.6 Å². The van der Waals surface area contributed by atoms with Crippen molar-refractivity contribution in [1.29, 1.82) is 0 Å². The topological polar surface area (TPSA) is 92.7 Å². The van der Waals surface area contributed by atoms with E-state index in [0.29, 0.717) is 28.6 Å². The van der Waals surface area contributed by atoms with Crippen LogP contribution in [-0.4, -0.2) is 28.4 Å². The van der Waals surface area contributed by atoms with Crippen LogP contribution in [0.1, 0.15) is 17.0 Å². The Morgan fingerprint density at radius 2 is 2.04 bits per heavy atom. The number of hydrogen-bond acceptors (Lipinski definition) is 4. The summed E-state index contributed by atoms with van der Waals surface area (Å²) in [6, 6.07) is 7.43. The Labute approximate surface area is 144 Å². The highest BCUT2D eigenvalue weighted by Gasteiger charge is 2.22. The lowest BCUT2D eigenvalue weighted by molar-refractivity contribution is 0.600. The number of sulfonamides is 1.